The molecule has 2 aromatic rings. The number of aromatic nitrogens is 1. The van der Waals surface area contributed by atoms with Crippen LogP contribution in [0.5, 0.6) is 0 Å². The van der Waals surface area contributed by atoms with Crippen molar-refractivity contribution >= 4 is 22.9 Å². The van der Waals surface area contributed by atoms with E-state index in [-0.39, 0.29) is 11.2 Å². The van der Waals surface area contributed by atoms with E-state index in [1.165, 1.54) is 6.07 Å². The van der Waals surface area contributed by atoms with Crippen LogP contribution in [0.25, 0.3) is 0 Å². The number of benzene rings is 1. The minimum absolute atomic E-state index is 0.197. The van der Waals surface area contributed by atoms with Crippen LogP contribution in [0, 0.1) is 19.7 Å². The summed E-state index contributed by atoms with van der Waals surface area (Å²) in [4.78, 5) is 5.37. The molecule has 0 fully saturated rings. The molecule has 2 rings (SSSR count). The second kappa shape index (κ2) is 5.15. The van der Waals surface area contributed by atoms with Crippen LogP contribution in [0.3, 0.4) is 0 Å². The Morgan fingerprint density at radius 3 is 2.65 bits per heavy atom. The van der Waals surface area contributed by atoms with E-state index in [1.807, 2.05) is 19.9 Å². The van der Waals surface area contributed by atoms with Crippen molar-refractivity contribution in [3.63, 3.8) is 0 Å². The molecule has 17 heavy (non-hydrogen) atoms. The summed E-state index contributed by atoms with van der Waals surface area (Å²) in [5.74, 6) is -0.197. The highest BCUT2D eigenvalue weighted by molar-refractivity contribution is 7.12. The molecule has 0 aliphatic carbocycles. The monoisotopic (exact) mass is 269 g/mol. The molecular weight excluding hydrogens is 257 g/mol. The second-order valence-corrected chi connectivity index (χ2v) is 5.71. The number of alkyl halides is 1. The SMILES string of the molecule is Cc1nc(C)c(C(Cl)Cc2ccccc2F)s1. The molecule has 0 aliphatic rings. The molecule has 0 radical (unpaired) electrons. The number of hydrogen-bond acceptors (Lipinski definition) is 2. The molecule has 0 saturated carbocycles. The molecule has 0 N–H and O–H groups in total. The quantitative estimate of drug-likeness (QED) is 0.752. The topological polar surface area (TPSA) is 12.9 Å². The minimum Gasteiger partial charge on any atom is -0.247 e. The molecule has 0 spiro atoms. The van der Waals surface area contributed by atoms with E-state index in [2.05, 4.69) is 4.98 Å². The van der Waals surface area contributed by atoms with E-state index < -0.39 is 0 Å². The molecule has 0 aliphatic heterocycles. The maximum Gasteiger partial charge on any atom is 0.126 e. The van der Waals surface area contributed by atoms with Gasteiger partial charge in [-0.25, -0.2) is 9.37 Å². The van der Waals surface area contributed by atoms with Crippen LogP contribution < -0.4 is 0 Å². The van der Waals surface area contributed by atoms with E-state index in [4.69, 9.17) is 11.6 Å². The molecule has 1 atom stereocenters. The van der Waals surface area contributed by atoms with Crippen LogP contribution in [0.4, 0.5) is 4.39 Å². The highest BCUT2D eigenvalue weighted by Crippen LogP contribution is 2.32. The van der Waals surface area contributed by atoms with Gasteiger partial charge in [0, 0.05) is 4.88 Å². The van der Waals surface area contributed by atoms with Crippen LogP contribution in [-0.2, 0) is 6.42 Å². The molecule has 0 saturated heterocycles. The molecule has 1 unspecified atom stereocenters. The zero-order valence-electron chi connectivity index (χ0n) is 9.71. The maximum atomic E-state index is 13.5. The predicted octanol–water partition coefficient (Wildman–Crippen LogP) is 4.42. The van der Waals surface area contributed by atoms with Gasteiger partial charge < -0.3 is 0 Å². The fourth-order valence-electron chi connectivity index (χ4n) is 1.79. The van der Waals surface area contributed by atoms with Crippen LogP contribution in [0.1, 0.15) is 26.5 Å². The van der Waals surface area contributed by atoms with E-state index in [1.54, 1.807) is 23.5 Å². The Labute approximate surface area is 109 Å². The van der Waals surface area contributed by atoms with Gasteiger partial charge in [0.2, 0.25) is 0 Å². The summed E-state index contributed by atoms with van der Waals surface area (Å²) in [7, 11) is 0. The first-order valence-electron chi connectivity index (χ1n) is 5.39. The Morgan fingerprint density at radius 1 is 1.35 bits per heavy atom. The molecule has 1 aromatic heterocycles. The highest BCUT2D eigenvalue weighted by Gasteiger charge is 2.16. The molecule has 1 heterocycles. The van der Waals surface area contributed by atoms with Gasteiger partial charge in [0.1, 0.15) is 5.82 Å². The largest absolute Gasteiger partial charge is 0.247 e. The summed E-state index contributed by atoms with van der Waals surface area (Å²) in [5.41, 5.74) is 1.60. The summed E-state index contributed by atoms with van der Waals surface area (Å²) in [5, 5.41) is 0.787. The average molecular weight is 270 g/mol. The van der Waals surface area contributed by atoms with Crippen molar-refractivity contribution in [1.82, 2.24) is 4.98 Å². The number of nitrogens with zero attached hydrogens (tertiary/aromatic N) is 1. The Hall–Kier alpha value is -0.930. The Kier molecular flexibility index (Phi) is 3.79. The fraction of sp³-hybridized carbons (Fsp3) is 0.308. The van der Waals surface area contributed by atoms with Crippen molar-refractivity contribution in [3.05, 3.63) is 51.2 Å². The second-order valence-electron chi connectivity index (χ2n) is 3.95. The molecule has 1 nitrogen and oxygen atoms in total. The smallest absolute Gasteiger partial charge is 0.126 e. The van der Waals surface area contributed by atoms with Gasteiger partial charge in [-0.05, 0) is 31.9 Å². The number of thiazole rings is 1. The van der Waals surface area contributed by atoms with Crippen LogP contribution in [-0.4, -0.2) is 4.98 Å². The highest BCUT2D eigenvalue weighted by atomic mass is 35.5. The maximum absolute atomic E-state index is 13.5. The van der Waals surface area contributed by atoms with E-state index in [0.29, 0.717) is 12.0 Å². The number of halogens is 2. The van der Waals surface area contributed by atoms with Crippen molar-refractivity contribution < 1.29 is 4.39 Å². The number of rotatable bonds is 3. The summed E-state index contributed by atoms with van der Waals surface area (Å²) in [6.07, 6.45) is 0.497. The van der Waals surface area contributed by atoms with Gasteiger partial charge in [-0.2, -0.15) is 0 Å². The van der Waals surface area contributed by atoms with E-state index in [0.717, 1.165) is 15.6 Å². The van der Waals surface area contributed by atoms with Crippen LogP contribution in [0.2, 0.25) is 0 Å². The van der Waals surface area contributed by atoms with Gasteiger partial charge in [-0.3, -0.25) is 0 Å². The fourth-order valence-corrected chi connectivity index (χ4v) is 3.15. The third kappa shape index (κ3) is 2.85. The van der Waals surface area contributed by atoms with Crippen LogP contribution in [0.15, 0.2) is 24.3 Å². The third-order valence-electron chi connectivity index (χ3n) is 2.58. The number of hydrogen-bond donors (Lipinski definition) is 0. The summed E-state index contributed by atoms with van der Waals surface area (Å²) in [6, 6.07) is 6.74. The van der Waals surface area contributed by atoms with Gasteiger partial charge in [0.25, 0.3) is 0 Å². The van der Waals surface area contributed by atoms with Gasteiger partial charge in [-0.1, -0.05) is 18.2 Å². The molecule has 0 bridgehead atoms. The molecule has 90 valence electrons. The van der Waals surface area contributed by atoms with E-state index in [9.17, 15) is 4.39 Å². The van der Waals surface area contributed by atoms with Crippen molar-refractivity contribution in [2.45, 2.75) is 25.6 Å². The lowest BCUT2D eigenvalue weighted by molar-refractivity contribution is 0.607. The predicted molar refractivity (Wildman–Crippen MR) is 70.3 cm³/mol. The third-order valence-corrected chi connectivity index (χ3v) is 4.27. The lowest BCUT2D eigenvalue weighted by atomic mass is 10.1. The zero-order chi connectivity index (χ0) is 12.4. The van der Waals surface area contributed by atoms with Crippen LogP contribution >= 0.6 is 22.9 Å². The molecule has 1 aromatic carbocycles. The summed E-state index contributed by atoms with van der Waals surface area (Å²) in [6.45, 7) is 3.89. The lowest BCUT2D eigenvalue weighted by Crippen LogP contribution is -1.98. The Morgan fingerprint density at radius 2 is 2.06 bits per heavy atom. The summed E-state index contributed by atoms with van der Waals surface area (Å²) < 4.78 is 13.5. The Bertz CT molecular complexity index is 524. The molecule has 4 heteroatoms. The van der Waals surface area contributed by atoms with Gasteiger partial charge >= 0.3 is 0 Å². The standard InChI is InChI=1S/C13H13ClFNS/c1-8-13(17-9(2)16-8)11(14)7-10-5-3-4-6-12(10)15/h3-6,11H,7H2,1-2H3. The average Bonchev–Trinajstić information content (AvgIpc) is 2.61. The number of aryl methyl sites for hydroxylation is 2. The lowest BCUT2D eigenvalue weighted by Gasteiger charge is -2.08. The zero-order valence-corrected chi connectivity index (χ0v) is 11.3. The first-order chi connectivity index (χ1) is 8.08. The van der Waals surface area contributed by atoms with Gasteiger partial charge in [0.05, 0.1) is 16.1 Å². The van der Waals surface area contributed by atoms with Crippen molar-refractivity contribution in [1.29, 1.82) is 0 Å². The van der Waals surface area contributed by atoms with Gasteiger partial charge in [0.15, 0.2) is 0 Å². The molecule has 0 amide bonds. The van der Waals surface area contributed by atoms with E-state index >= 15 is 0 Å². The van der Waals surface area contributed by atoms with Crippen molar-refractivity contribution in [3.8, 4) is 0 Å². The Balaban J connectivity index is 2.20. The normalized spacial score (nSPS) is 12.7. The summed E-state index contributed by atoms with van der Waals surface area (Å²) >= 11 is 7.92. The van der Waals surface area contributed by atoms with Gasteiger partial charge in [-0.15, -0.1) is 22.9 Å². The first kappa shape index (κ1) is 12.5. The van der Waals surface area contributed by atoms with Crippen molar-refractivity contribution in [2.24, 2.45) is 0 Å². The van der Waals surface area contributed by atoms with Crippen molar-refractivity contribution in [2.75, 3.05) is 0 Å². The molecular formula is C13H13ClFNS. The first-order valence-corrected chi connectivity index (χ1v) is 6.64. The minimum atomic E-state index is -0.210.